The van der Waals surface area contributed by atoms with Crippen LogP contribution in [0.4, 0.5) is 10.1 Å². The Balaban J connectivity index is 2.09. The van der Waals surface area contributed by atoms with Crippen LogP contribution in [0.2, 0.25) is 0 Å². The first kappa shape index (κ1) is 15.4. The van der Waals surface area contributed by atoms with E-state index in [9.17, 15) is 19.3 Å². The second kappa shape index (κ2) is 6.66. The molecule has 0 saturated carbocycles. The summed E-state index contributed by atoms with van der Waals surface area (Å²) in [6, 6.07) is 10.1. The number of carbonyl (C=O) groups excluding carboxylic acids is 1. The Labute approximate surface area is 125 Å². The fourth-order valence-electron chi connectivity index (χ4n) is 1.86. The minimum Gasteiger partial charge on any atom is -0.497 e. The van der Waals surface area contributed by atoms with Gasteiger partial charge in [-0.15, -0.1) is 0 Å². The predicted octanol–water partition coefficient (Wildman–Crippen LogP) is 2.67. The zero-order chi connectivity index (χ0) is 16.1. The molecule has 0 aliphatic carbocycles. The van der Waals surface area contributed by atoms with Crippen LogP contribution in [0, 0.1) is 15.9 Å². The molecule has 114 valence electrons. The van der Waals surface area contributed by atoms with Gasteiger partial charge in [0.25, 0.3) is 5.91 Å². The third-order valence-corrected chi connectivity index (χ3v) is 2.99. The summed E-state index contributed by atoms with van der Waals surface area (Å²) in [6.45, 7) is 0.223. The van der Waals surface area contributed by atoms with Crippen LogP contribution in [0.3, 0.4) is 0 Å². The maximum atomic E-state index is 13.2. The minimum absolute atomic E-state index is 0.0241. The largest absolute Gasteiger partial charge is 0.497 e. The summed E-state index contributed by atoms with van der Waals surface area (Å²) < 4.78 is 18.3. The monoisotopic (exact) mass is 304 g/mol. The molecule has 0 fully saturated rings. The number of carbonyl (C=O) groups is 1. The molecule has 1 N–H and O–H groups in total. The number of nitrogens with one attached hydrogen (secondary N) is 1. The number of halogens is 1. The van der Waals surface area contributed by atoms with Gasteiger partial charge in [0.1, 0.15) is 5.75 Å². The van der Waals surface area contributed by atoms with Gasteiger partial charge in [0.05, 0.1) is 12.0 Å². The highest BCUT2D eigenvalue weighted by atomic mass is 19.1. The first-order valence-corrected chi connectivity index (χ1v) is 6.36. The van der Waals surface area contributed by atoms with Crippen LogP contribution in [0.1, 0.15) is 15.9 Å². The Bertz CT molecular complexity index is 718. The van der Waals surface area contributed by atoms with Crippen LogP contribution >= 0.6 is 0 Å². The summed E-state index contributed by atoms with van der Waals surface area (Å²) in [4.78, 5) is 21.8. The highest BCUT2D eigenvalue weighted by molar-refractivity contribution is 5.94. The molecule has 0 aliphatic heterocycles. The summed E-state index contributed by atoms with van der Waals surface area (Å²) in [5.74, 6) is -0.843. The number of nitrogens with zero attached hydrogens (tertiary/aromatic N) is 1. The number of methoxy groups -OCH3 is 1. The van der Waals surface area contributed by atoms with Crippen LogP contribution in [-0.4, -0.2) is 17.9 Å². The van der Waals surface area contributed by atoms with Crippen molar-refractivity contribution < 1.29 is 18.8 Å². The third kappa shape index (κ3) is 3.57. The Morgan fingerprint density at radius 2 is 2.09 bits per heavy atom. The maximum absolute atomic E-state index is 13.2. The predicted molar refractivity (Wildman–Crippen MR) is 77.2 cm³/mol. The summed E-state index contributed by atoms with van der Waals surface area (Å²) in [6.07, 6.45) is 0. The number of nitro groups is 1. The molecule has 1 amide bonds. The lowest BCUT2D eigenvalue weighted by atomic mass is 10.1. The Morgan fingerprint density at radius 1 is 1.32 bits per heavy atom. The van der Waals surface area contributed by atoms with Crippen LogP contribution in [-0.2, 0) is 6.54 Å². The first-order valence-electron chi connectivity index (χ1n) is 6.36. The van der Waals surface area contributed by atoms with E-state index in [1.807, 2.05) is 0 Å². The summed E-state index contributed by atoms with van der Waals surface area (Å²) >= 11 is 0. The molecule has 0 bridgehead atoms. The molecular weight excluding hydrogens is 291 g/mol. The van der Waals surface area contributed by atoms with Crippen molar-refractivity contribution in [2.45, 2.75) is 6.54 Å². The SMILES string of the molecule is COc1cccc(CNC(=O)c2ccc(F)c([N+](=O)[O-])c2)c1. The number of ether oxygens (including phenoxy) is 1. The molecule has 0 unspecified atom stereocenters. The summed E-state index contributed by atoms with van der Waals surface area (Å²) in [5, 5.41) is 13.3. The average Bonchev–Trinajstić information content (AvgIpc) is 2.53. The van der Waals surface area contributed by atoms with E-state index in [1.54, 1.807) is 24.3 Å². The average molecular weight is 304 g/mol. The second-order valence-electron chi connectivity index (χ2n) is 4.46. The lowest BCUT2D eigenvalue weighted by molar-refractivity contribution is -0.387. The van der Waals surface area contributed by atoms with Gasteiger partial charge in [-0.05, 0) is 29.8 Å². The van der Waals surface area contributed by atoms with Crippen molar-refractivity contribution in [1.29, 1.82) is 0 Å². The number of amides is 1. The normalized spacial score (nSPS) is 10.1. The van der Waals surface area contributed by atoms with E-state index < -0.39 is 22.3 Å². The smallest absolute Gasteiger partial charge is 0.305 e. The highest BCUT2D eigenvalue weighted by Gasteiger charge is 2.17. The Kier molecular flexibility index (Phi) is 4.67. The molecule has 0 atom stereocenters. The van der Waals surface area contributed by atoms with Gasteiger partial charge >= 0.3 is 5.69 Å². The van der Waals surface area contributed by atoms with Crippen molar-refractivity contribution in [3.05, 3.63) is 69.5 Å². The van der Waals surface area contributed by atoms with E-state index in [2.05, 4.69) is 5.32 Å². The van der Waals surface area contributed by atoms with Gasteiger partial charge in [-0.2, -0.15) is 4.39 Å². The topological polar surface area (TPSA) is 81.5 Å². The molecule has 0 heterocycles. The number of hydrogen-bond donors (Lipinski definition) is 1. The van der Waals surface area contributed by atoms with Gasteiger partial charge < -0.3 is 10.1 Å². The maximum Gasteiger partial charge on any atom is 0.305 e. The third-order valence-electron chi connectivity index (χ3n) is 2.99. The molecule has 6 nitrogen and oxygen atoms in total. The standard InChI is InChI=1S/C15H13FN2O4/c1-22-12-4-2-3-10(7-12)9-17-15(19)11-5-6-13(16)14(8-11)18(20)21/h2-8H,9H2,1H3,(H,17,19). The fourth-order valence-corrected chi connectivity index (χ4v) is 1.86. The number of rotatable bonds is 5. The van der Waals surface area contributed by atoms with Gasteiger partial charge in [-0.1, -0.05) is 12.1 Å². The molecule has 0 saturated heterocycles. The van der Waals surface area contributed by atoms with Crippen molar-refractivity contribution in [2.75, 3.05) is 7.11 Å². The zero-order valence-corrected chi connectivity index (χ0v) is 11.7. The van der Waals surface area contributed by atoms with E-state index in [1.165, 1.54) is 13.2 Å². The van der Waals surface area contributed by atoms with E-state index in [-0.39, 0.29) is 12.1 Å². The van der Waals surface area contributed by atoms with Gasteiger partial charge in [0.15, 0.2) is 0 Å². The summed E-state index contributed by atoms with van der Waals surface area (Å²) in [7, 11) is 1.54. The van der Waals surface area contributed by atoms with Crippen LogP contribution < -0.4 is 10.1 Å². The van der Waals surface area contributed by atoms with Crippen LogP contribution in [0.15, 0.2) is 42.5 Å². The second-order valence-corrected chi connectivity index (χ2v) is 4.46. The highest BCUT2D eigenvalue weighted by Crippen LogP contribution is 2.18. The molecule has 0 aromatic heterocycles. The van der Waals surface area contributed by atoms with Crippen LogP contribution in [0.5, 0.6) is 5.75 Å². The fraction of sp³-hybridized carbons (Fsp3) is 0.133. The lowest BCUT2D eigenvalue weighted by Gasteiger charge is -2.07. The summed E-state index contributed by atoms with van der Waals surface area (Å²) in [5.41, 5.74) is 0.106. The van der Waals surface area contributed by atoms with Crippen molar-refractivity contribution in [3.8, 4) is 5.75 Å². The molecular formula is C15H13FN2O4. The first-order chi connectivity index (χ1) is 10.5. The lowest BCUT2D eigenvalue weighted by Crippen LogP contribution is -2.22. The van der Waals surface area contributed by atoms with Gasteiger partial charge in [0, 0.05) is 18.2 Å². The van der Waals surface area contributed by atoms with Crippen molar-refractivity contribution >= 4 is 11.6 Å². The van der Waals surface area contributed by atoms with Crippen molar-refractivity contribution in [3.63, 3.8) is 0 Å². The molecule has 2 aromatic carbocycles. The Hall–Kier alpha value is -2.96. The van der Waals surface area contributed by atoms with E-state index in [4.69, 9.17) is 4.74 Å². The quantitative estimate of drug-likeness (QED) is 0.680. The van der Waals surface area contributed by atoms with Gasteiger partial charge in [-0.25, -0.2) is 0 Å². The zero-order valence-electron chi connectivity index (χ0n) is 11.7. The number of benzene rings is 2. The van der Waals surface area contributed by atoms with E-state index in [0.29, 0.717) is 5.75 Å². The number of nitro benzene ring substituents is 1. The van der Waals surface area contributed by atoms with Gasteiger partial charge in [-0.3, -0.25) is 14.9 Å². The molecule has 0 spiro atoms. The molecule has 2 aromatic rings. The molecule has 7 heteroatoms. The Morgan fingerprint density at radius 3 is 2.77 bits per heavy atom. The number of hydrogen-bond acceptors (Lipinski definition) is 4. The molecule has 0 aliphatic rings. The molecule has 2 rings (SSSR count). The van der Waals surface area contributed by atoms with E-state index >= 15 is 0 Å². The van der Waals surface area contributed by atoms with Crippen molar-refractivity contribution in [2.24, 2.45) is 0 Å². The molecule has 22 heavy (non-hydrogen) atoms. The van der Waals surface area contributed by atoms with Gasteiger partial charge in [0.2, 0.25) is 5.82 Å². The minimum atomic E-state index is -0.977. The van der Waals surface area contributed by atoms with E-state index in [0.717, 1.165) is 17.7 Å². The van der Waals surface area contributed by atoms with Crippen LogP contribution in [0.25, 0.3) is 0 Å². The van der Waals surface area contributed by atoms with Crippen molar-refractivity contribution in [1.82, 2.24) is 5.32 Å². The molecule has 0 radical (unpaired) electrons.